The summed E-state index contributed by atoms with van der Waals surface area (Å²) in [5.74, 6) is -0.238. The van der Waals surface area contributed by atoms with Crippen molar-refractivity contribution in [3.05, 3.63) is 29.3 Å². The van der Waals surface area contributed by atoms with Crippen molar-refractivity contribution in [3.63, 3.8) is 0 Å². The lowest BCUT2D eigenvalue weighted by Crippen LogP contribution is -2.53. The smallest absolute Gasteiger partial charge is 0.309 e. The molecule has 4 nitrogen and oxygen atoms in total. The highest BCUT2D eigenvalue weighted by Crippen LogP contribution is 2.53. The lowest BCUT2D eigenvalue weighted by molar-refractivity contribution is -0.195. The van der Waals surface area contributed by atoms with Gasteiger partial charge in [-0.15, -0.1) is 0 Å². The number of benzene rings is 1. The van der Waals surface area contributed by atoms with Crippen molar-refractivity contribution in [2.24, 2.45) is 17.8 Å². The van der Waals surface area contributed by atoms with Crippen LogP contribution in [0.25, 0.3) is 0 Å². The molecule has 1 saturated heterocycles. The van der Waals surface area contributed by atoms with E-state index in [1.165, 1.54) is 5.56 Å². The molecule has 1 fully saturated rings. The van der Waals surface area contributed by atoms with Crippen LogP contribution in [0.5, 0.6) is 5.75 Å². The second-order valence-electron chi connectivity index (χ2n) is 9.76. The molecule has 0 saturated carbocycles. The molecule has 144 valence electrons. The summed E-state index contributed by atoms with van der Waals surface area (Å²) in [7, 11) is 0. The van der Waals surface area contributed by atoms with E-state index in [1.54, 1.807) is 0 Å². The third kappa shape index (κ3) is 3.24. The number of carbonyl (C=O) groups is 1. The van der Waals surface area contributed by atoms with E-state index in [0.717, 1.165) is 11.3 Å². The fraction of sp³-hybridized carbons (Fsp3) is 0.682. The van der Waals surface area contributed by atoms with Gasteiger partial charge in [0, 0.05) is 11.5 Å². The second kappa shape index (κ2) is 6.26. The normalized spacial score (nSPS) is 30.3. The van der Waals surface area contributed by atoms with Crippen molar-refractivity contribution in [3.8, 4) is 5.75 Å². The van der Waals surface area contributed by atoms with Gasteiger partial charge in [-0.3, -0.25) is 4.79 Å². The Morgan fingerprint density at radius 1 is 1.27 bits per heavy atom. The number of hydrogen-bond acceptors (Lipinski definition) is 3. The molecule has 4 atom stereocenters. The fourth-order valence-corrected chi connectivity index (χ4v) is 4.38. The first-order valence-electron chi connectivity index (χ1n) is 9.63. The summed E-state index contributed by atoms with van der Waals surface area (Å²) in [6.07, 6.45) is 0.169. The van der Waals surface area contributed by atoms with E-state index in [0.29, 0.717) is 6.42 Å². The van der Waals surface area contributed by atoms with Crippen LogP contribution in [0.4, 0.5) is 0 Å². The Kier molecular flexibility index (Phi) is 4.63. The van der Waals surface area contributed by atoms with Crippen molar-refractivity contribution in [1.82, 2.24) is 0 Å². The molecule has 3 rings (SSSR count). The minimum atomic E-state index is -0.771. The number of carboxylic acid groups (broad SMARTS) is 1. The maximum atomic E-state index is 11.9. The number of carboxylic acids is 1. The zero-order valence-electron chi connectivity index (χ0n) is 17.0. The Morgan fingerprint density at radius 3 is 2.46 bits per heavy atom. The molecule has 4 heteroatoms. The highest BCUT2D eigenvalue weighted by Gasteiger charge is 2.52. The third-order valence-electron chi connectivity index (χ3n) is 6.00. The molecule has 2 heterocycles. The molecule has 0 unspecified atom stereocenters. The van der Waals surface area contributed by atoms with Gasteiger partial charge in [0.15, 0.2) is 0 Å². The van der Waals surface area contributed by atoms with Crippen LogP contribution in [0.1, 0.15) is 72.1 Å². The standard InChI is InChI=1S/C22H32O4/c1-12(2)18-15(20(23)24)11-16-19(25-18)14-10-13(21(3,4)5)8-9-17(14)26-22(16,6)7/h8-10,12,15-16,18-19H,11H2,1-7H3,(H,23,24)/t15-,16-,18-,19+/m1/s1. The fourth-order valence-electron chi connectivity index (χ4n) is 4.38. The van der Waals surface area contributed by atoms with Crippen molar-refractivity contribution in [2.75, 3.05) is 0 Å². The number of ether oxygens (including phenoxy) is 2. The summed E-state index contributed by atoms with van der Waals surface area (Å²) >= 11 is 0. The van der Waals surface area contributed by atoms with Gasteiger partial charge in [0.1, 0.15) is 11.4 Å². The quantitative estimate of drug-likeness (QED) is 0.810. The highest BCUT2D eigenvalue weighted by molar-refractivity contribution is 5.71. The summed E-state index contributed by atoms with van der Waals surface area (Å²) < 4.78 is 12.8. The predicted molar refractivity (Wildman–Crippen MR) is 102 cm³/mol. The van der Waals surface area contributed by atoms with E-state index in [4.69, 9.17) is 9.47 Å². The van der Waals surface area contributed by atoms with E-state index < -0.39 is 17.5 Å². The van der Waals surface area contributed by atoms with Gasteiger partial charge in [0.25, 0.3) is 0 Å². The van der Waals surface area contributed by atoms with Crippen molar-refractivity contribution >= 4 is 5.97 Å². The van der Waals surface area contributed by atoms with E-state index in [9.17, 15) is 9.90 Å². The van der Waals surface area contributed by atoms with Crippen LogP contribution in [0.2, 0.25) is 0 Å². The first kappa shape index (κ1) is 19.2. The molecule has 2 aliphatic heterocycles. The molecule has 0 spiro atoms. The van der Waals surface area contributed by atoms with Crippen molar-refractivity contribution < 1.29 is 19.4 Å². The first-order valence-corrected chi connectivity index (χ1v) is 9.63. The summed E-state index contributed by atoms with van der Waals surface area (Å²) in [5.41, 5.74) is 1.88. The van der Waals surface area contributed by atoms with Crippen LogP contribution in [-0.2, 0) is 14.9 Å². The van der Waals surface area contributed by atoms with Gasteiger partial charge in [0.05, 0.1) is 18.1 Å². The number of fused-ring (bicyclic) bond motifs is 3. The SMILES string of the molecule is CC(C)[C@H]1O[C@H]2c3cc(C(C)(C)C)ccc3OC(C)(C)[C@@H]2C[C@H]1C(=O)O. The van der Waals surface area contributed by atoms with Gasteiger partial charge < -0.3 is 14.6 Å². The molecule has 0 bridgehead atoms. The monoisotopic (exact) mass is 360 g/mol. The van der Waals surface area contributed by atoms with Gasteiger partial charge in [-0.1, -0.05) is 40.7 Å². The molecule has 0 amide bonds. The van der Waals surface area contributed by atoms with Crippen molar-refractivity contribution in [2.45, 2.75) is 78.1 Å². The van der Waals surface area contributed by atoms with Crippen LogP contribution >= 0.6 is 0 Å². The largest absolute Gasteiger partial charge is 0.487 e. The number of hydrogen-bond donors (Lipinski definition) is 1. The lowest BCUT2D eigenvalue weighted by atomic mass is 9.70. The maximum absolute atomic E-state index is 11.9. The zero-order chi connectivity index (χ0) is 19.4. The molecule has 1 aromatic rings. The molecule has 2 aliphatic rings. The van der Waals surface area contributed by atoms with Crippen LogP contribution in [0, 0.1) is 17.8 Å². The van der Waals surface area contributed by atoms with Crippen molar-refractivity contribution in [1.29, 1.82) is 0 Å². The average Bonchev–Trinajstić information content (AvgIpc) is 2.51. The molecular weight excluding hydrogens is 328 g/mol. The van der Waals surface area contributed by atoms with Gasteiger partial charge in [-0.05, 0) is 49.3 Å². The van der Waals surface area contributed by atoms with Gasteiger partial charge in [-0.2, -0.15) is 0 Å². The molecule has 1 N–H and O–H groups in total. The van der Waals surface area contributed by atoms with E-state index in [2.05, 4.69) is 32.9 Å². The van der Waals surface area contributed by atoms with Gasteiger partial charge in [-0.25, -0.2) is 0 Å². The summed E-state index contributed by atoms with van der Waals surface area (Å²) in [6.45, 7) is 14.7. The van der Waals surface area contributed by atoms with Crippen LogP contribution in [0.3, 0.4) is 0 Å². The second-order valence-corrected chi connectivity index (χ2v) is 9.76. The lowest BCUT2D eigenvalue weighted by Gasteiger charge is -2.51. The molecule has 26 heavy (non-hydrogen) atoms. The topological polar surface area (TPSA) is 55.8 Å². The maximum Gasteiger partial charge on any atom is 0.309 e. The summed E-state index contributed by atoms with van der Waals surface area (Å²) in [5, 5.41) is 9.74. The van der Waals surface area contributed by atoms with Crippen LogP contribution in [-0.4, -0.2) is 22.8 Å². The number of rotatable bonds is 2. The Hall–Kier alpha value is -1.55. The zero-order valence-corrected chi connectivity index (χ0v) is 17.0. The molecule has 0 aliphatic carbocycles. The summed E-state index contributed by atoms with van der Waals surface area (Å²) in [6, 6.07) is 6.36. The number of aliphatic carboxylic acids is 1. The Balaban J connectivity index is 2.08. The van der Waals surface area contributed by atoms with Gasteiger partial charge in [0.2, 0.25) is 0 Å². The average molecular weight is 360 g/mol. The first-order chi connectivity index (χ1) is 11.9. The van der Waals surface area contributed by atoms with Crippen LogP contribution in [0.15, 0.2) is 18.2 Å². The molecule has 1 aromatic carbocycles. The van der Waals surface area contributed by atoms with E-state index in [-0.39, 0.29) is 29.5 Å². The molecular formula is C22H32O4. The van der Waals surface area contributed by atoms with Crippen LogP contribution < -0.4 is 4.74 Å². The van der Waals surface area contributed by atoms with Gasteiger partial charge >= 0.3 is 5.97 Å². The Bertz CT molecular complexity index is 699. The Morgan fingerprint density at radius 2 is 1.92 bits per heavy atom. The highest BCUT2D eigenvalue weighted by atomic mass is 16.5. The van der Waals surface area contributed by atoms with E-state index in [1.807, 2.05) is 33.8 Å². The van der Waals surface area contributed by atoms with E-state index >= 15 is 0 Å². The predicted octanol–water partition coefficient (Wildman–Crippen LogP) is 4.96. The minimum Gasteiger partial charge on any atom is -0.487 e. The summed E-state index contributed by atoms with van der Waals surface area (Å²) in [4.78, 5) is 11.9. The Labute approximate surface area is 156 Å². The minimum absolute atomic E-state index is 0.0151. The molecule has 0 aromatic heterocycles. The third-order valence-corrected chi connectivity index (χ3v) is 6.00. The molecule has 0 radical (unpaired) electrons.